The Hall–Kier alpha value is -3.59. The number of methoxy groups -OCH3 is 1. The molecule has 1 aliphatic heterocycles. The van der Waals surface area contributed by atoms with Gasteiger partial charge in [-0.1, -0.05) is 48.0 Å². The summed E-state index contributed by atoms with van der Waals surface area (Å²) in [5, 5.41) is 15.6. The molecular weight excluding hydrogens is 530 g/mol. The van der Waals surface area contributed by atoms with E-state index in [0.717, 1.165) is 42.6 Å². The molecule has 8 nitrogen and oxygen atoms in total. The Kier molecular flexibility index (Phi) is 10.4. The number of hydrogen-bond acceptors (Lipinski definition) is 6. The average molecular weight is 566 g/mol. The number of anilines is 2. The maximum Gasteiger partial charge on any atom is 0.411 e. The van der Waals surface area contributed by atoms with Crippen molar-refractivity contribution < 1.29 is 24.2 Å². The Balaban J connectivity index is 1.38. The van der Waals surface area contributed by atoms with E-state index in [4.69, 9.17) is 21.1 Å². The minimum Gasteiger partial charge on any atom is -0.496 e. The number of aliphatic hydroxyl groups is 1. The van der Waals surface area contributed by atoms with E-state index in [1.807, 2.05) is 48.5 Å². The zero-order valence-corrected chi connectivity index (χ0v) is 23.7. The number of carbonyl (C=O) groups excluding carboxylic acids is 2. The third-order valence-corrected chi connectivity index (χ3v) is 7.34. The van der Waals surface area contributed by atoms with Crippen molar-refractivity contribution in [1.29, 1.82) is 0 Å². The second-order valence-electron chi connectivity index (χ2n) is 9.98. The molecular formula is C31H36ClN3O5. The molecule has 3 N–H and O–H groups in total. The molecule has 0 bridgehead atoms. The Morgan fingerprint density at radius 3 is 2.48 bits per heavy atom. The van der Waals surface area contributed by atoms with E-state index >= 15 is 0 Å². The smallest absolute Gasteiger partial charge is 0.411 e. The second kappa shape index (κ2) is 14.2. The first-order valence-corrected chi connectivity index (χ1v) is 13.9. The molecule has 9 heteroatoms. The fourth-order valence-corrected chi connectivity index (χ4v) is 5.01. The molecule has 3 aromatic carbocycles. The van der Waals surface area contributed by atoms with Gasteiger partial charge in [0.05, 0.1) is 30.1 Å². The van der Waals surface area contributed by atoms with Crippen LogP contribution in [0.4, 0.5) is 16.2 Å². The van der Waals surface area contributed by atoms with Crippen LogP contribution in [0.2, 0.25) is 5.02 Å². The lowest BCUT2D eigenvalue weighted by Crippen LogP contribution is -2.36. The molecule has 0 atom stereocenters. The summed E-state index contributed by atoms with van der Waals surface area (Å²) in [7, 11) is 3.57. The van der Waals surface area contributed by atoms with Crippen LogP contribution in [0.15, 0.2) is 60.7 Å². The summed E-state index contributed by atoms with van der Waals surface area (Å²) in [4.78, 5) is 27.6. The van der Waals surface area contributed by atoms with Crippen molar-refractivity contribution in [2.45, 2.75) is 44.8 Å². The fraction of sp³-hybridized carbons (Fsp3) is 0.355. The molecule has 0 aromatic heterocycles. The van der Waals surface area contributed by atoms with Crippen LogP contribution < -0.4 is 15.4 Å². The highest BCUT2D eigenvalue weighted by Gasteiger charge is 2.21. The van der Waals surface area contributed by atoms with Gasteiger partial charge in [-0.05, 0) is 62.1 Å². The van der Waals surface area contributed by atoms with Crippen molar-refractivity contribution in [2.75, 3.05) is 37.9 Å². The van der Waals surface area contributed by atoms with Crippen LogP contribution in [-0.4, -0.2) is 55.4 Å². The number of likely N-dealkylation sites (tertiary alicyclic amines) is 1. The largest absolute Gasteiger partial charge is 0.496 e. The Morgan fingerprint density at radius 1 is 1.02 bits per heavy atom. The van der Waals surface area contributed by atoms with Crippen LogP contribution in [0.1, 0.15) is 36.8 Å². The van der Waals surface area contributed by atoms with Crippen molar-refractivity contribution in [1.82, 2.24) is 4.90 Å². The quantitative estimate of drug-likeness (QED) is 0.274. The summed E-state index contributed by atoms with van der Waals surface area (Å²) < 4.78 is 11.0. The maximum atomic E-state index is 12.7. The number of nitrogens with one attached hydrogen (secondary N) is 2. The lowest BCUT2D eigenvalue weighted by atomic mass is 9.98. The van der Waals surface area contributed by atoms with E-state index < -0.39 is 6.09 Å². The van der Waals surface area contributed by atoms with E-state index in [2.05, 4.69) is 22.6 Å². The first-order chi connectivity index (χ1) is 19.4. The fourth-order valence-electron chi connectivity index (χ4n) is 4.78. The number of halogens is 1. The molecule has 4 rings (SSSR count). The number of nitrogens with zero attached hydrogens (tertiary/aromatic N) is 1. The van der Waals surface area contributed by atoms with Crippen LogP contribution in [0.25, 0.3) is 11.1 Å². The Labute approximate surface area is 240 Å². The predicted molar refractivity (Wildman–Crippen MR) is 158 cm³/mol. The van der Waals surface area contributed by atoms with Crippen LogP contribution in [-0.2, 0) is 22.6 Å². The van der Waals surface area contributed by atoms with Crippen molar-refractivity contribution in [3.8, 4) is 16.9 Å². The maximum absolute atomic E-state index is 12.7. The minimum absolute atomic E-state index is 0.0784. The molecule has 1 aliphatic rings. The van der Waals surface area contributed by atoms with Crippen molar-refractivity contribution in [3.05, 3.63) is 76.8 Å². The normalized spacial score (nSPS) is 14.0. The van der Waals surface area contributed by atoms with E-state index in [-0.39, 0.29) is 18.6 Å². The number of hydrogen-bond donors (Lipinski definition) is 3. The average Bonchev–Trinajstić information content (AvgIpc) is 2.96. The first-order valence-electron chi connectivity index (χ1n) is 13.5. The summed E-state index contributed by atoms with van der Waals surface area (Å²) in [6.07, 6.45) is 2.72. The van der Waals surface area contributed by atoms with Crippen LogP contribution >= 0.6 is 11.6 Å². The standard InChI is InChI=1S/C31H36ClN3O5/c1-35-15-13-24(14-16-35)40-31(38)34-27-12-11-21(17-25(27)22-8-4-3-5-9-22)7-6-10-30(37)33-28-19-29(39-2)23(20-36)18-26(28)32/h3-5,8-9,11-12,17-19,24,36H,6-7,10,13-16,20H2,1-2H3,(H,33,37)(H,34,38). The molecule has 2 amide bonds. The van der Waals surface area contributed by atoms with Gasteiger partial charge in [-0.2, -0.15) is 0 Å². The number of amides is 2. The zero-order valence-electron chi connectivity index (χ0n) is 22.9. The van der Waals surface area contributed by atoms with E-state index in [9.17, 15) is 14.7 Å². The molecule has 1 saturated heterocycles. The monoisotopic (exact) mass is 565 g/mol. The van der Waals surface area contributed by atoms with Gasteiger partial charge in [0.2, 0.25) is 5.91 Å². The summed E-state index contributed by atoms with van der Waals surface area (Å²) in [6.45, 7) is 1.62. The first kappa shape index (κ1) is 29.4. The highest BCUT2D eigenvalue weighted by Crippen LogP contribution is 2.32. The van der Waals surface area contributed by atoms with Gasteiger partial charge in [0.1, 0.15) is 11.9 Å². The molecule has 0 radical (unpaired) electrons. The lowest BCUT2D eigenvalue weighted by Gasteiger charge is -2.28. The molecule has 3 aromatic rings. The SMILES string of the molecule is COc1cc(NC(=O)CCCc2ccc(NC(=O)OC3CCN(C)CC3)c(-c3ccccc3)c2)c(Cl)cc1CO. The second-order valence-corrected chi connectivity index (χ2v) is 10.4. The third-order valence-electron chi connectivity index (χ3n) is 7.03. The summed E-state index contributed by atoms with van der Waals surface area (Å²) in [5.74, 6) is 0.290. The van der Waals surface area contributed by atoms with Gasteiger partial charge in [0.15, 0.2) is 0 Å². The topological polar surface area (TPSA) is 100 Å². The molecule has 212 valence electrons. The number of rotatable bonds is 10. The highest BCUT2D eigenvalue weighted by molar-refractivity contribution is 6.33. The van der Waals surface area contributed by atoms with Crippen molar-refractivity contribution >= 4 is 35.0 Å². The van der Waals surface area contributed by atoms with Crippen molar-refractivity contribution in [3.63, 3.8) is 0 Å². The van der Waals surface area contributed by atoms with Gasteiger partial charge >= 0.3 is 6.09 Å². The summed E-state index contributed by atoms with van der Waals surface area (Å²) in [6, 6.07) is 19.0. The van der Waals surface area contributed by atoms with E-state index in [1.54, 1.807) is 12.1 Å². The third kappa shape index (κ3) is 7.97. The number of piperidine rings is 1. The molecule has 0 unspecified atom stereocenters. The molecule has 1 fully saturated rings. The van der Waals surface area contributed by atoms with Gasteiger partial charge in [-0.25, -0.2) is 4.79 Å². The van der Waals surface area contributed by atoms with Gasteiger partial charge < -0.3 is 24.8 Å². The highest BCUT2D eigenvalue weighted by atomic mass is 35.5. The summed E-state index contributed by atoms with van der Waals surface area (Å²) >= 11 is 6.28. The van der Waals surface area contributed by atoms with Gasteiger partial charge in [-0.15, -0.1) is 0 Å². The molecule has 0 spiro atoms. The van der Waals surface area contributed by atoms with E-state index in [0.29, 0.717) is 47.0 Å². The molecule has 40 heavy (non-hydrogen) atoms. The number of aryl methyl sites for hydroxylation is 1. The van der Waals surface area contributed by atoms with Crippen LogP contribution in [0, 0.1) is 0 Å². The summed E-state index contributed by atoms with van der Waals surface area (Å²) in [5.41, 5.74) is 4.59. The van der Waals surface area contributed by atoms with Gasteiger partial charge in [0, 0.05) is 36.7 Å². The number of benzene rings is 3. The number of carbonyl (C=O) groups is 2. The van der Waals surface area contributed by atoms with Gasteiger partial charge in [-0.3, -0.25) is 10.1 Å². The molecule has 1 heterocycles. The minimum atomic E-state index is -0.446. The van der Waals surface area contributed by atoms with Gasteiger partial charge in [0.25, 0.3) is 0 Å². The van der Waals surface area contributed by atoms with Crippen molar-refractivity contribution in [2.24, 2.45) is 0 Å². The van der Waals surface area contributed by atoms with Crippen LogP contribution in [0.5, 0.6) is 5.75 Å². The van der Waals surface area contributed by atoms with Crippen LogP contribution in [0.3, 0.4) is 0 Å². The molecule has 0 aliphatic carbocycles. The van der Waals surface area contributed by atoms with E-state index in [1.165, 1.54) is 7.11 Å². The molecule has 0 saturated carbocycles. The Bertz CT molecular complexity index is 1310. The number of aliphatic hydroxyl groups excluding tert-OH is 1. The Morgan fingerprint density at radius 2 is 1.77 bits per heavy atom. The number of ether oxygens (including phenoxy) is 2. The zero-order chi connectivity index (χ0) is 28.5. The predicted octanol–water partition coefficient (Wildman–Crippen LogP) is 6.11. The lowest BCUT2D eigenvalue weighted by molar-refractivity contribution is -0.116.